The molecule has 0 bridgehead atoms. The summed E-state index contributed by atoms with van der Waals surface area (Å²) in [6, 6.07) is 0. The van der Waals surface area contributed by atoms with Gasteiger partial charge in [-0.2, -0.15) is 0 Å². The highest BCUT2D eigenvalue weighted by Gasteiger charge is 1.97. The minimum absolute atomic E-state index is 0.0677. The van der Waals surface area contributed by atoms with Crippen LogP contribution in [-0.2, 0) is 0 Å². The van der Waals surface area contributed by atoms with Gasteiger partial charge in [0.1, 0.15) is 30.5 Å². The first kappa shape index (κ1) is 49.3. The van der Waals surface area contributed by atoms with E-state index >= 15 is 0 Å². The molecule has 37 heavy (non-hydrogen) atoms. The van der Waals surface area contributed by atoms with E-state index in [4.69, 9.17) is 91.9 Å². The standard InChI is InChI=1S/C4H10O3.5C3H8O3/c5-2-1-4(7)3-6;5*4-1-3(6)2-5/h4-7H,1-3H2;5*3-6H,1-2H2. The third-order valence-electron chi connectivity index (χ3n) is 2.78. The van der Waals surface area contributed by atoms with E-state index in [0.717, 1.165) is 0 Å². The molecule has 234 valence electrons. The van der Waals surface area contributed by atoms with Crippen LogP contribution in [0.15, 0.2) is 0 Å². The van der Waals surface area contributed by atoms with Crippen LogP contribution in [0, 0.1) is 0 Å². The van der Waals surface area contributed by atoms with Gasteiger partial charge in [-0.25, -0.2) is 0 Å². The quantitative estimate of drug-likeness (QED) is 0.0982. The third kappa shape index (κ3) is 66.3. The number of aliphatic hydroxyl groups is 18. The van der Waals surface area contributed by atoms with Gasteiger partial charge >= 0.3 is 0 Å². The van der Waals surface area contributed by atoms with E-state index in [2.05, 4.69) is 0 Å². The Hall–Kier alpha value is -0.720. The van der Waals surface area contributed by atoms with Crippen LogP contribution in [0.1, 0.15) is 6.42 Å². The molecule has 0 rings (SSSR count). The van der Waals surface area contributed by atoms with Crippen LogP contribution in [0.5, 0.6) is 0 Å². The first-order valence-electron chi connectivity index (χ1n) is 10.7. The lowest BCUT2D eigenvalue weighted by atomic mass is 10.3. The average molecular weight is 567 g/mol. The van der Waals surface area contributed by atoms with E-state index < -0.39 is 36.6 Å². The van der Waals surface area contributed by atoms with Gasteiger partial charge in [0.2, 0.25) is 0 Å². The van der Waals surface area contributed by atoms with Gasteiger partial charge in [-0.15, -0.1) is 0 Å². The summed E-state index contributed by atoms with van der Waals surface area (Å²) in [4.78, 5) is 0. The minimum atomic E-state index is -0.954. The van der Waals surface area contributed by atoms with Crippen LogP contribution in [0.2, 0.25) is 0 Å². The normalized spacial score (nSPS) is 10.8. The van der Waals surface area contributed by atoms with Crippen molar-refractivity contribution in [1.29, 1.82) is 0 Å². The Balaban J connectivity index is -0.0000000780. The third-order valence-corrected chi connectivity index (χ3v) is 2.78. The summed E-state index contributed by atoms with van der Waals surface area (Å²) in [7, 11) is 0. The SMILES string of the molecule is OCC(O)CO.OCC(O)CO.OCC(O)CO.OCC(O)CO.OCC(O)CO.OCCC(O)CO. The highest BCUT2D eigenvalue weighted by molar-refractivity contribution is 4.48. The Bertz CT molecular complexity index is 266. The van der Waals surface area contributed by atoms with E-state index in [0.29, 0.717) is 0 Å². The van der Waals surface area contributed by atoms with E-state index in [1.54, 1.807) is 0 Å². The lowest BCUT2D eigenvalue weighted by Crippen LogP contribution is -2.15. The van der Waals surface area contributed by atoms with Crippen molar-refractivity contribution in [2.45, 2.75) is 43.0 Å². The second kappa shape index (κ2) is 45.2. The molecule has 1 unspecified atom stereocenters. The van der Waals surface area contributed by atoms with Crippen molar-refractivity contribution in [2.75, 3.05) is 79.3 Å². The number of rotatable bonds is 13. The van der Waals surface area contributed by atoms with Crippen molar-refractivity contribution in [3.8, 4) is 0 Å². The molecule has 0 aromatic heterocycles. The maximum absolute atomic E-state index is 8.45. The lowest BCUT2D eigenvalue weighted by molar-refractivity contribution is 0.0450. The summed E-state index contributed by atoms with van der Waals surface area (Å²) < 4.78 is 0. The largest absolute Gasteiger partial charge is 0.396 e. The molecule has 0 aromatic carbocycles. The average Bonchev–Trinajstić information content (AvgIpc) is 2.96. The summed E-state index contributed by atoms with van der Waals surface area (Å²) in [6.07, 6.45) is -5.25. The van der Waals surface area contributed by atoms with E-state index in [9.17, 15) is 0 Å². The summed E-state index contributed by atoms with van der Waals surface area (Å²) in [5.74, 6) is 0. The van der Waals surface area contributed by atoms with E-state index in [1.165, 1.54) is 0 Å². The molecule has 0 amide bonds. The fourth-order valence-corrected chi connectivity index (χ4v) is 0.529. The van der Waals surface area contributed by atoms with Crippen molar-refractivity contribution >= 4 is 0 Å². The predicted octanol–water partition coefficient (Wildman–Crippen LogP) is -9.62. The molecular formula is C19H50O18. The zero-order valence-electron chi connectivity index (χ0n) is 20.7. The Morgan fingerprint density at radius 1 is 0.243 bits per heavy atom. The summed E-state index contributed by atoms with van der Waals surface area (Å²) in [5, 5.41) is 145. The molecule has 0 spiro atoms. The molecule has 18 heteroatoms. The van der Waals surface area contributed by atoms with Crippen molar-refractivity contribution in [2.24, 2.45) is 0 Å². The van der Waals surface area contributed by atoms with Crippen LogP contribution in [0.4, 0.5) is 0 Å². The van der Waals surface area contributed by atoms with Gasteiger partial charge in [0, 0.05) is 6.61 Å². The van der Waals surface area contributed by atoms with E-state index in [1.807, 2.05) is 0 Å². The molecule has 0 aliphatic heterocycles. The van der Waals surface area contributed by atoms with Gasteiger partial charge in [-0.05, 0) is 6.42 Å². The summed E-state index contributed by atoms with van der Waals surface area (Å²) in [6.45, 7) is -3.98. The molecule has 1 atom stereocenters. The molecule has 0 fully saturated rings. The maximum atomic E-state index is 8.45. The number of hydrogen-bond donors (Lipinski definition) is 18. The minimum Gasteiger partial charge on any atom is -0.396 e. The second-order valence-corrected chi connectivity index (χ2v) is 6.44. The lowest BCUT2D eigenvalue weighted by Gasteiger charge is -2.00. The summed E-state index contributed by atoms with van der Waals surface area (Å²) in [5.41, 5.74) is 0. The van der Waals surface area contributed by atoms with Crippen molar-refractivity contribution in [3.05, 3.63) is 0 Å². The molecule has 0 heterocycles. The van der Waals surface area contributed by atoms with Crippen molar-refractivity contribution < 1.29 is 91.9 Å². The second-order valence-electron chi connectivity index (χ2n) is 6.44. The molecule has 0 saturated heterocycles. The predicted molar refractivity (Wildman–Crippen MR) is 126 cm³/mol. The summed E-state index contributed by atoms with van der Waals surface area (Å²) >= 11 is 0. The van der Waals surface area contributed by atoms with Gasteiger partial charge in [0.25, 0.3) is 0 Å². The van der Waals surface area contributed by atoms with Crippen molar-refractivity contribution in [1.82, 2.24) is 0 Å². The highest BCUT2D eigenvalue weighted by Crippen LogP contribution is 1.85. The van der Waals surface area contributed by atoms with Crippen LogP contribution in [0.25, 0.3) is 0 Å². The molecule has 0 saturated carbocycles. The van der Waals surface area contributed by atoms with Crippen molar-refractivity contribution in [3.63, 3.8) is 0 Å². The molecule has 0 aliphatic carbocycles. The van der Waals surface area contributed by atoms with Gasteiger partial charge < -0.3 is 91.9 Å². The first-order valence-corrected chi connectivity index (χ1v) is 10.7. The fraction of sp³-hybridized carbons (Fsp3) is 1.00. The van der Waals surface area contributed by atoms with Gasteiger partial charge in [-0.1, -0.05) is 0 Å². The molecular weight excluding hydrogens is 516 g/mol. The number of hydrogen-bond acceptors (Lipinski definition) is 18. The molecule has 0 aromatic rings. The fourth-order valence-electron chi connectivity index (χ4n) is 0.529. The Kier molecular flexibility index (Phi) is 60.2. The Morgan fingerprint density at radius 3 is 0.405 bits per heavy atom. The first-order chi connectivity index (χ1) is 17.3. The maximum Gasteiger partial charge on any atom is 0.100 e. The smallest absolute Gasteiger partial charge is 0.100 e. The topological polar surface area (TPSA) is 364 Å². The van der Waals surface area contributed by atoms with E-state index in [-0.39, 0.29) is 85.7 Å². The van der Waals surface area contributed by atoms with Crippen LogP contribution >= 0.6 is 0 Å². The van der Waals surface area contributed by atoms with Gasteiger partial charge in [-0.3, -0.25) is 0 Å². The zero-order valence-corrected chi connectivity index (χ0v) is 20.7. The molecule has 18 N–H and O–H groups in total. The van der Waals surface area contributed by atoms with Crippen LogP contribution < -0.4 is 0 Å². The molecule has 0 radical (unpaired) electrons. The Morgan fingerprint density at radius 2 is 0.378 bits per heavy atom. The number of aliphatic hydroxyl groups excluding tert-OH is 18. The van der Waals surface area contributed by atoms with Crippen LogP contribution in [0.3, 0.4) is 0 Å². The molecule has 0 aliphatic rings. The monoisotopic (exact) mass is 566 g/mol. The molecule has 18 nitrogen and oxygen atoms in total. The Labute approximate surface area is 215 Å². The van der Waals surface area contributed by atoms with Crippen LogP contribution in [-0.4, -0.2) is 208 Å². The highest BCUT2D eigenvalue weighted by atomic mass is 16.4. The van der Waals surface area contributed by atoms with Gasteiger partial charge in [0.15, 0.2) is 0 Å². The van der Waals surface area contributed by atoms with Gasteiger partial charge in [0.05, 0.1) is 78.8 Å². The zero-order chi connectivity index (χ0) is 30.7.